The van der Waals surface area contributed by atoms with E-state index < -0.39 is 4.92 Å². The zero-order chi connectivity index (χ0) is 15.5. The number of ether oxygens (including phenoxy) is 1. The number of non-ortho nitro benzene ring substituents is 1. The van der Waals surface area contributed by atoms with Crippen molar-refractivity contribution in [1.82, 2.24) is 0 Å². The fourth-order valence-corrected chi connectivity index (χ4v) is 3.36. The molecule has 1 amide bonds. The van der Waals surface area contributed by atoms with E-state index in [9.17, 15) is 14.9 Å². The molecule has 0 radical (unpaired) electrons. The molecule has 1 saturated carbocycles. The van der Waals surface area contributed by atoms with E-state index in [-0.39, 0.29) is 23.6 Å². The van der Waals surface area contributed by atoms with Crippen molar-refractivity contribution in [3.05, 3.63) is 34.4 Å². The second-order valence-corrected chi connectivity index (χ2v) is 5.98. The first kappa shape index (κ1) is 15.0. The Kier molecular flexibility index (Phi) is 4.38. The number of nitrogens with zero attached hydrogens (tertiary/aromatic N) is 2. The lowest BCUT2D eigenvalue weighted by Gasteiger charge is -2.31. The maximum Gasteiger partial charge on any atom is 0.271 e. The minimum Gasteiger partial charge on any atom is -0.381 e. The van der Waals surface area contributed by atoms with Gasteiger partial charge in [0.2, 0.25) is 5.91 Å². The standard InChI is InChI=1S/C16H20N2O4/c19-16(12-8-9-22-11-12)17(13-4-1-2-5-13)14-6-3-7-15(10-14)18(20)21/h3,6-7,10,12-13H,1-2,4-5,8-9,11H2/t12-/m1/s1. The van der Waals surface area contributed by atoms with Crippen LogP contribution in [0.5, 0.6) is 0 Å². The second kappa shape index (κ2) is 6.44. The molecule has 0 bridgehead atoms. The molecule has 0 N–H and O–H groups in total. The number of benzene rings is 1. The largest absolute Gasteiger partial charge is 0.381 e. The summed E-state index contributed by atoms with van der Waals surface area (Å²) < 4.78 is 5.33. The minimum atomic E-state index is -0.417. The third-order valence-corrected chi connectivity index (χ3v) is 4.52. The van der Waals surface area contributed by atoms with Crippen LogP contribution in [0.2, 0.25) is 0 Å². The highest BCUT2D eigenvalue weighted by molar-refractivity contribution is 5.96. The van der Waals surface area contributed by atoms with Crippen LogP contribution in [0.1, 0.15) is 32.1 Å². The molecule has 1 aromatic rings. The summed E-state index contributed by atoms with van der Waals surface area (Å²) in [7, 11) is 0. The van der Waals surface area contributed by atoms with Gasteiger partial charge in [0.15, 0.2) is 0 Å². The van der Waals surface area contributed by atoms with Crippen molar-refractivity contribution in [2.24, 2.45) is 5.92 Å². The Balaban J connectivity index is 1.92. The number of carbonyl (C=O) groups excluding carboxylic acids is 1. The Morgan fingerprint density at radius 3 is 2.68 bits per heavy atom. The Hall–Kier alpha value is -1.95. The van der Waals surface area contributed by atoms with Gasteiger partial charge in [-0.25, -0.2) is 0 Å². The van der Waals surface area contributed by atoms with E-state index in [0.29, 0.717) is 18.9 Å². The molecule has 0 unspecified atom stereocenters. The molecule has 1 aliphatic heterocycles. The van der Waals surface area contributed by atoms with Crippen LogP contribution in [-0.2, 0) is 9.53 Å². The molecule has 118 valence electrons. The molecular weight excluding hydrogens is 284 g/mol. The molecule has 6 nitrogen and oxygen atoms in total. The smallest absolute Gasteiger partial charge is 0.271 e. The Bertz CT molecular complexity index is 563. The summed E-state index contributed by atoms with van der Waals surface area (Å²) in [4.78, 5) is 25.3. The van der Waals surface area contributed by atoms with Crippen LogP contribution in [0.15, 0.2) is 24.3 Å². The summed E-state index contributed by atoms with van der Waals surface area (Å²) in [6, 6.07) is 6.55. The van der Waals surface area contributed by atoms with Gasteiger partial charge in [-0.3, -0.25) is 14.9 Å². The number of hydrogen-bond donors (Lipinski definition) is 0. The summed E-state index contributed by atoms with van der Waals surface area (Å²) >= 11 is 0. The third-order valence-electron chi connectivity index (χ3n) is 4.52. The quantitative estimate of drug-likeness (QED) is 0.633. The van der Waals surface area contributed by atoms with Crippen molar-refractivity contribution in [3.63, 3.8) is 0 Å². The van der Waals surface area contributed by atoms with E-state index >= 15 is 0 Å². The molecule has 0 aromatic heterocycles. The molecule has 1 saturated heterocycles. The number of hydrogen-bond acceptors (Lipinski definition) is 4. The average Bonchev–Trinajstić information content (AvgIpc) is 3.21. The van der Waals surface area contributed by atoms with E-state index in [0.717, 1.165) is 32.1 Å². The summed E-state index contributed by atoms with van der Waals surface area (Å²) in [6.07, 6.45) is 4.86. The lowest BCUT2D eigenvalue weighted by molar-refractivity contribution is -0.384. The van der Waals surface area contributed by atoms with Crippen molar-refractivity contribution >= 4 is 17.3 Å². The van der Waals surface area contributed by atoms with Crippen molar-refractivity contribution in [2.45, 2.75) is 38.1 Å². The Morgan fingerprint density at radius 2 is 2.05 bits per heavy atom. The number of nitro benzene ring substituents is 1. The normalized spacial score (nSPS) is 21.9. The summed E-state index contributed by atoms with van der Waals surface area (Å²) in [5.74, 6) is -0.0789. The maximum absolute atomic E-state index is 12.9. The predicted octanol–water partition coefficient (Wildman–Crippen LogP) is 2.91. The highest BCUT2D eigenvalue weighted by atomic mass is 16.6. The first-order valence-electron chi connectivity index (χ1n) is 7.82. The highest BCUT2D eigenvalue weighted by Crippen LogP contribution is 2.32. The Morgan fingerprint density at radius 1 is 1.27 bits per heavy atom. The van der Waals surface area contributed by atoms with Crippen LogP contribution in [0, 0.1) is 16.0 Å². The zero-order valence-corrected chi connectivity index (χ0v) is 12.4. The van der Waals surface area contributed by atoms with Crippen LogP contribution >= 0.6 is 0 Å². The van der Waals surface area contributed by atoms with Gasteiger partial charge in [0.05, 0.1) is 23.1 Å². The van der Waals surface area contributed by atoms with Crippen LogP contribution in [0.3, 0.4) is 0 Å². The van der Waals surface area contributed by atoms with Gasteiger partial charge in [-0.05, 0) is 25.3 Å². The van der Waals surface area contributed by atoms with E-state index in [1.54, 1.807) is 17.0 Å². The first-order chi connectivity index (χ1) is 10.7. The van der Waals surface area contributed by atoms with Crippen molar-refractivity contribution < 1.29 is 14.5 Å². The summed E-state index contributed by atoms with van der Waals surface area (Å²) in [5, 5.41) is 11.0. The van der Waals surface area contributed by atoms with Crippen LogP contribution in [0.25, 0.3) is 0 Å². The van der Waals surface area contributed by atoms with Crippen molar-refractivity contribution in [3.8, 4) is 0 Å². The summed E-state index contributed by atoms with van der Waals surface area (Å²) in [5.41, 5.74) is 0.661. The molecule has 1 atom stereocenters. The van der Waals surface area contributed by atoms with Crippen molar-refractivity contribution in [1.29, 1.82) is 0 Å². The Labute approximate surface area is 129 Å². The van der Waals surface area contributed by atoms with Gasteiger partial charge in [-0.1, -0.05) is 18.9 Å². The highest BCUT2D eigenvalue weighted by Gasteiger charge is 2.34. The van der Waals surface area contributed by atoms with Crippen LogP contribution < -0.4 is 4.90 Å². The van der Waals surface area contributed by atoms with E-state index in [1.165, 1.54) is 12.1 Å². The molecule has 3 rings (SSSR count). The fourth-order valence-electron chi connectivity index (χ4n) is 3.36. The lowest BCUT2D eigenvalue weighted by atomic mass is 10.0. The first-order valence-corrected chi connectivity index (χ1v) is 7.82. The number of carbonyl (C=O) groups is 1. The molecule has 2 aliphatic rings. The second-order valence-electron chi connectivity index (χ2n) is 5.98. The van der Waals surface area contributed by atoms with Gasteiger partial charge < -0.3 is 9.64 Å². The van der Waals surface area contributed by atoms with Crippen LogP contribution in [-0.4, -0.2) is 30.1 Å². The predicted molar refractivity (Wildman–Crippen MR) is 81.8 cm³/mol. The van der Waals surface area contributed by atoms with Gasteiger partial charge in [0, 0.05) is 24.8 Å². The molecular formula is C16H20N2O4. The molecule has 22 heavy (non-hydrogen) atoms. The number of nitro groups is 1. The zero-order valence-electron chi connectivity index (χ0n) is 12.4. The van der Waals surface area contributed by atoms with E-state index in [1.807, 2.05) is 0 Å². The van der Waals surface area contributed by atoms with Gasteiger partial charge in [0.1, 0.15) is 0 Å². The third kappa shape index (κ3) is 2.97. The molecule has 0 spiro atoms. The van der Waals surface area contributed by atoms with Gasteiger partial charge in [-0.2, -0.15) is 0 Å². The maximum atomic E-state index is 12.9. The molecule has 1 aliphatic carbocycles. The van der Waals surface area contributed by atoms with Gasteiger partial charge in [0.25, 0.3) is 5.69 Å². The molecule has 1 aromatic carbocycles. The number of rotatable bonds is 4. The number of anilines is 1. The average molecular weight is 304 g/mol. The summed E-state index contributed by atoms with van der Waals surface area (Å²) in [6.45, 7) is 1.07. The van der Waals surface area contributed by atoms with E-state index in [4.69, 9.17) is 4.74 Å². The topological polar surface area (TPSA) is 72.7 Å². The van der Waals surface area contributed by atoms with Crippen LogP contribution in [0.4, 0.5) is 11.4 Å². The van der Waals surface area contributed by atoms with Crippen molar-refractivity contribution in [2.75, 3.05) is 18.1 Å². The van der Waals surface area contributed by atoms with Gasteiger partial charge in [-0.15, -0.1) is 0 Å². The molecule has 1 heterocycles. The number of amides is 1. The van der Waals surface area contributed by atoms with E-state index in [2.05, 4.69) is 0 Å². The monoisotopic (exact) mass is 304 g/mol. The minimum absolute atomic E-state index is 0.0240. The molecule has 6 heteroatoms. The lowest BCUT2D eigenvalue weighted by Crippen LogP contribution is -2.43. The molecule has 2 fully saturated rings. The SMILES string of the molecule is O=C([C@@H]1CCOC1)N(c1cccc([N+](=O)[O-])c1)C1CCCC1. The fraction of sp³-hybridized carbons (Fsp3) is 0.562. The van der Waals surface area contributed by atoms with Gasteiger partial charge >= 0.3 is 0 Å².